The number of nitrogens with zero attached hydrogens (tertiary/aromatic N) is 2. The largest absolute Gasteiger partial charge is 0 e. The quantitative estimate of drug-likeness (QED) is 0.128. The molecule has 0 atom stereocenters. The number of hydrogen-bond acceptors (Lipinski definition) is 3. The number of aryl methyl sites for hydroxylation is 1. The fourth-order valence-corrected chi connectivity index (χ4v) is 7.49. The van der Waals surface area contributed by atoms with Gasteiger partial charge in [-0.2, -0.15) is 0 Å². The molecule has 0 bridgehead atoms. The topological polar surface area (TPSA) is 38.9 Å². The van der Waals surface area contributed by atoms with Crippen LogP contribution in [0.1, 0.15) is 35.0 Å². The molecule has 1 radical (unpaired) electrons. The third-order valence-corrected chi connectivity index (χ3v) is 12.2. The smallest absolute Gasteiger partial charge is 0 e. The summed E-state index contributed by atoms with van der Waals surface area (Å²) in [5.41, 5.74) is 7.76. The van der Waals surface area contributed by atoms with Gasteiger partial charge in [-0.25, -0.2) is 0 Å². The Morgan fingerprint density at radius 3 is 2.22 bits per heavy atom. The summed E-state index contributed by atoms with van der Waals surface area (Å²) in [5, 5.41) is 1.64. The van der Waals surface area contributed by atoms with Gasteiger partial charge in [0.15, 0.2) is 0 Å². The summed E-state index contributed by atoms with van der Waals surface area (Å²) in [5.74, 6) is 7.50. The average Bonchev–Trinajstić information content (AvgIpc) is 3.47. The molecule has 233 valence electrons. The molecule has 0 amide bonds. The SMILES string of the molecule is [2H]C([2H])([2H])c1cc(-c2ccccc2)cc2c1oc1c(-c3cc(C(C)C)ccn3)[c-]ccc12.[CH3][Ge]([CH3])([CH3])[c]1ccc(-c2[c-]cccc2)nc1.[Ir]. The van der Waals surface area contributed by atoms with Gasteiger partial charge in [-0.05, 0) is 53.4 Å². The Bertz CT molecular complexity index is 2170. The number of benzene rings is 4. The fraction of sp³-hybridized carbons (Fsp3) is 0.171. The molecule has 3 aromatic heterocycles. The minimum absolute atomic E-state index is 0. The molecule has 46 heavy (non-hydrogen) atoms. The van der Waals surface area contributed by atoms with Crippen molar-refractivity contribution in [2.75, 3.05) is 0 Å². The van der Waals surface area contributed by atoms with Crippen LogP contribution in [0.5, 0.6) is 0 Å². The van der Waals surface area contributed by atoms with Gasteiger partial charge >= 0.3 is 99.8 Å². The van der Waals surface area contributed by atoms with E-state index in [0.717, 1.165) is 44.4 Å². The van der Waals surface area contributed by atoms with Crippen molar-refractivity contribution in [1.82, 2.24) is 9.97 Å². The summed E-state index contributed by atoms with van der Waals surface area (Å²) in [6, 6.07) is 40.1. The van der Waals surface area contributed by atoms with Gasteiger partial charge in [0.25, 0.3) is 0 Å². The summed E-state index contributed by atoms with van der Waals surface area (Å²) in [7, 11) is 0. The maximum atomic E-state index is 8.13. The molecule has 4 aromatic carbocycles. The first-order valence-corrected chi connectivity index (χ1v) is 22.6. The number of aromatic nitrogens is 2. The molecule has 0 fully saturated rings. The van der Waals surface area contributed by atoms with E-state index in [-0.39, 0.29) is 25.7 Å². The van der Waals surface area contributed by atoms with Crippen molar-refractivity contribution in [1.29, 1.82) is 0 Å². The van der Waals surface area contributed by atoms with E-state index in [1.165, 1.54) is 9.96 Å². The summed E-state index contributed by atoms with van der Waals surface area (Å²) < 4.78 is 32.1. The van der Waals surface area contributed by atoms with Crippen molar-refractivity contribution >= 4 is 39.6 Å². The van der Waals surface area contributed by atoms with Crippen LogP contribution in [0.2, 0.25) is 17.3 Å². The first-order valence-electron chi connectivity index (χ1n) is 16.8. The van der Waals surface area contributed by atoms with Crippen LogP contribution in [0.25, 0.3) is 55.6 Å². The Morgan fingerprint density at radius 2 is 1.54 bits per heavy atom. The molecular formula is C41H38GeIrN2O-2. The van der Waals surface area contributed by atoms with Crippen molar-refractivity contribution in [3.8, 4) is 33.6 Å². The van der Waals surface area contributed by atoms with Crippen molar-refractivity contribution < 1.29 is 28.6 Å². The van der Waals surface area contributed by atoms with E-state index < -0.39 is 20.1 Å². The fourth-order valence-electron chi connectivity index (χ4n) is 5.32. The molecule has 5 heteroatoms. The molecule has 3 heterocycles. The van der Waals surface area contributed by atoms with Gasteiger partial charge in [0.05, 0.1) is 5.58 Å². The van der Waals surface area contributed by atoms with Gasteiger partial charge < -0.3 is 9.40 Å². The average molecular weight is 843 g/mol. The minimum atomic E-state index is -2.31. The first-order chi connectivity index (χ1) is 22.9. The van der Waals surface area contributed by atoms with Crippen molar-refractivity contribution in [2.45, 2.75) is 43.9 Å². The molecule has 0 aliphatic carbocycles. The second-order valence-electron chi connectivity index (χ2n) is 12.6. The molecule has 0 aliphatic heterocycles. The Hall–Kier alpha value is -3.83. The summed E-state index contributed by atoms with van der Waals surface area (Å²) >= 11 is -1.72. The van der Waals surface area contributed by atoms with Crippen LogP contribution in [0.4, 0.5) is 0 Å². The predicted octanol–water partition coefficient (Wildman–Crippen LogP) is 10.6. The van der Waals surface area contributed by atoms with Crippen LogP contribution < -0.4 is 4.40 Å². The molecule has 0 saturated carbocycles. The van der Waals surface area contributed by atoms with Crippen molar-refractivity contribution in [3.05, 3.63) is 139 Å². The zero-order chi connectivity index (χ0) is 34.1. The molecule has 7 aromatic rings. The summed E-state index contributed by atoms with van der Waals surface area (Å²) in [4.78, 5) is 9.08. The maximum Gasteiger partial charge on any atom is 0 e. The molecule has 3 nitrogen and oxygen atoms in total. The molecule has 7 rings (SSSR count). The Morgan fingerprint density at radius 1 is 0.739 bits per heavy atom. The number of rotatable bonds is 5. The van der Waals surface area contributed by atoms with E-state index in [1.54, 1.807) is 12.3 Å². The summed E-state index contributed by atoms with van der Waals surface area (Å²) in [6.07, 6.45) is 3.83. The molecule has 0 aliphatic rings. The van der Waals surface area contributed by atoms with Gasteiger partial charge in [-0.1, -0.05) is 66.8 Å². The van der Waals surface area contributed by atoms with Gasteiger partial charge in [0.2, 0.25) is 0 Å². The standard InChI is InChI=1S/C27H22NO.C14H16GeN.Ir/c1-17(2)20-12-13-28-25(16-20)23-11-7-10-22-24-15-21(19-8-5-4-6-9-19)14-18(3)26(24)29-27(22)23;1-15(2,3)13-9-10-14(16-11-13)12-7-5-4-6-8-12;/h4-10,12-17H,1-3H3;4-7,9-11H,1-3H3;/q2*-1;/i3D3;;. The van der Waals surface area contributed by atoms with Crippen molar-refractivity contribution in [3.63, 3.8) is 0 Å². The predicted molar refractivity (Wildman–Crippen MR) is 192 cm³/mol. The van der Waals surface area contributed by atoms with Gasteiger partial charge in [0.1, 0.15) is 5.58 Å². The monoisotopic (exact) mass is 844 g/mol. The summed E-state index contributed by atoms with van der Waals surface area (Å²) in [6.45, 7) is 1.97. The van der Waals surface area contributed by atoms with Crippen LogP contribution in [0.3, 0.4) is 0 Å². The third-order valence-electron chi connectivity index (χ3n) is 7.96. The van der Waals surface area contributed by atoms with Crippen LogP contribution >= 0.6 is 0 Å². The Labute approximate surface area is 293 Å². The van der Waals surface area contributed by atoms with Crippen LogP contribution in [-0.2, 0) is 20.1 Å². The third kappa shape index (κ3) is 7.26. The van der Waals surface area contributed by atoms with Gasteiger partial charge in [-0.3, -0.25) is 0 Å². The van der Waals surface area contributed by atoms with Gasteiger partial charge in [-0.15, -0.1) is 18.2 Å². The zero-order valence-electron chi connectivity index (χ0n) is 29.7. The normalized spacial score (nSPS) is 12.5. The minimum Gasteiger partial charge on any atom is 0 e. The molecule has 0 saturated heterocycles. The van der Waals surface area contributed by atoms with E-state index in [4.69, 9.17) is 8.53 Å². The first kappa shape index (κ1) is 29.6. The van der Waals surface area contributed by atoms with E-state index in [9.17, 15) is 0 Å². The number of furan rings is 1. The van der Waals surface area contributed by atoms with E-state index >= 15 is 0 Å². The van der Waals surface area contributed by atoms with E-state index in [1.807, 2.05) is 91.1 Å². The van der Waals surface area contributed by atoms with E-state index in [0.29, 0.717) is 17.1 Å². The van der Waals surface area contributed by atoms with Crippen LogP contribution in [0.15, 0.2) is 120 Å². The van der Waals surface area contributed by atoms with Crippen molar-refractivity contribution in [2.24, 2.45) is 0 Å². The second kappa shape index (κ2) is 14.3. The maximum absolute atomic E-state index is 8.13. The second-order valence-corrected chi connectivity index (χ2v) is 23.2. The Balaban J connectivity index is 0.000000233. The molecule has 0 N–H and O–H groups in total. The molecule has 0 unspecified atom stereocenters. The molecule has 0 spiro atoms. The van der Waals surface area contributed by atoms with Crippen LogP contribution in [-0.4, -0.2) is 23.2 Å². The van der Waals surface area contributed by atoms with Crippen LogP contribution in [0, 0.1) is 19.0 Å². The number of fused-ring (bicyclic) bond motifs is 3. The van der Waals surface area contributed by atoms with Gasteiger partial charge in [0, 0.05) is 35.8 Å². The number of pyridine rings is 2. The van der Waals surface area contributed by atoms with E-state index in [2.05, 4.69) is 65.3 Å². The Kier molecular flexibility index (Phi) is 9.19. The molecular weight excluding hydrogens is 801 g/mol. The zero-order valence-corrected chi connectivity index (χ0v) is 31.2. The number of hydrogen-bond donors (Lipinski definition) is 0.